The van der Waals surface area contributed by atoms with E-state index in [0.717, 1.165) is 16.9 Å². The average molecular weight is 296 g/mol. The minimum atomic E-state index is -3.17. The molecule has 0 heterocycles. The van der Waals surface area contributed by atoms with Gasteiger partial charge in [0.1, 0.15) is 5.75 Å². The van der Waals surface area contributed by atoms with Crippen molar-refractivity contribution in [2.45, 2.75) is 20.3 Å². The van der Waals surface area contributed by atoms with E-state index in [1.165, 1.54) is 18.4 Å². The van der Waals surface area contributed by atoms with Crippen molar-refractivity contribution in [2.75, 3.05) is 26.5 Å². The van der Waals surface area contributed by atoms with E-state index >= 15 is 0 Å². The minimum absolute atomic E-state index is 0.0639. The van der Waals surface area contributed by atoms with Gasteiger partial charge in [0.25, 0.3) is 0 Å². The van der Waals surface area contributed by atoms with Crippen molar-refractivity contribution < 1.29 is 13.2 Å². The summed E-state index contributed by atoms with van der Waals surface area (Å²) in [5.41, 5.74) is 2.37. The molecule has 1 rings (SSSR count). The molecule has 0 radical (unpaired) electrons. The summed E-state index contributed by atoms with van der Waals surface area (Å²) in [6.45, 7) is 4.08. The predicted molar refractivity (Wildman–Crippen MR) is 78.2 cm³/mol. The van der Waals surface area contributed by atoms with E-state index in [1.807, 2.05) is 13.8 Å². The second kappa shape index (κ2) is 6.73. The highest BCUT2D eigenvalue weighted by atomic mass is 32.2. The van der Waals surface area contributed by atoms with E-state index in [9.17, 15) is 8.42 Å². The maximum atomic E-state index is 11.6. The number of rotatable bonds is 6. The van der Waals surface area contributed by atoms with Crippen LogP contribution in [-0.4, -0.2) is 39.2 Å². The molecule has 1 aromatic carbocycles. The molecule has 110 valence electrons. The van der Waals surface area contributed by atoms with Gasteiger partial charge in [0, 0.05) is 14.1 Å². The molecule has 0 amide bonds. The first-order valence-corrected chi connectivity index (χ1v) is 7.93. The van der Waals surface area contributed by atoms with Crippen LogP contribution in [0.1, 0.15) is 23.1 Å². The third kappa shape index (κ3) is 4.22. The van der Waals surface area contributed by atoms with E-state index in [-0.39, 0.29) is 5.75 Å². The van der Waals surface area contributed by atoms with Crippen molar-refractivity contribution in [1.29, 1.82) is 5.26 Å². The van der Waals surface area contributed by atoms with E-state index in [2.05, 4.69) is 6.07 Å². The fourth-order valence-corrected chi connectivity index (χ4v) is 2.69. The fraction of sp³-hybridized carbons (Fsp3) is 0.500. The highest BCUT2D eigenvalue weighted by Crippen LogP contribution is 2.24. The summed E-state index contributed by atoms with van der Waals surface area (Å²) in [6.07, 6.45) is 0.430. The molecule has 0 saturated heterocycles. The van der Waals surface area contributed by atoms with Crippen molar-refractivity contribution in [1.82, 2.24) is 4.31 Å². The van der Waals surface area contributed by atoms with Crippen molar-refractivity contribution in [3.63, 3.8) is 0 Å². The number of nitriles is 1. The molecule has 0 aliphatic heterocycles. The maximum absolute atomic E-state index is 11.6. The van der Waals surface area contributed by atoms with E-state index in [1.54, 1.807) is 12.1 Å². The zero-order valence-electron chi connectivity index (χ0n) is 12.3. The highest BCUT2D eigenvalue weighted by Gasteiger charge is 2.13. The molecule has 5 nitrogen and oxygen atoms in total. The SMILES string of the molecule is Cc1cc(C#N)cc(C)c1OCCCS(=O)(=O)N(C)C. The van der Waals surface area contributed by atoms with Gasteiger partial charge in [-0.05, 0) is 43.5 Å². The van der Waals surface area contributed by atoms with Crippen LogP contribution in [0.3, 0.4) is 0 Å². The van der Waals surface area contributed by atoms with Gasteiger partial charge in [0.15, 0.2) is 0 Å². The summed E-state index contributed by atoms with van der Waals surface area (Å²) < 4.78 is 30.1. The molecule has 20 heavy (non-hydrogen) atoms. The molecule has 0 bridgehead atoms. The quantitative estimate of drug-likeness (QED) is 0.751. The number of hydrogen-bond acceptors (Lipinski definition) is 4. The number of hydrogen-bond donors (Lipinski definition) is 0. The summed E-state index contributed by atoms with van der Waals surface area (Å²) in [6, 6.07) is 5.62. The van der Waals surface area contributed by atoms with Crippen LogP contribution in [0.2, 0.25) is 0 Å². The second-order valence-corrected chi connectivity index (χ2v) is 7.15. The normalized spacial score (nSPS) is 11.4. The van der Waals surface area contributed by atoms with Gasteiger partial charge in [-0.2, -0.15) is 5.26 Å². The average Bonchev–Trinajstić information content (AvgIpc) is 2.36. The molecule has 0 aromatic heterocycles. The van der Waals surface area contributed by atoms with Crippen LogP contribution in [0.5, 0.6) is 5.75 Å². The van der Waals surface area contributed by atoms with Gasteiger partial charge >= 0.3 is 0 Å². The summed E-state index contributed by atoms with van der Waals surface area (Å²) >= 11 is 0. The first kappa shape index (κ1) is 16.5. The lowest BCUT2D eigenvalue weighted by Crippen LogP contribution is -2.25. The number of sulfonamides is 1. The molecular formula is C14H20N2O3S. The van der Waals surface area contributed by atoms with Gasteiger partial charge in [-0.15, -0.1) is 0 Å². The topological polar surface area (TPSA) is 70.4 Å². The van der Waals surface area contributed by atoms with Gasteiger partial charge in [0.2, 0.25) is 10.0 Å². The molecule has 0 aliphatic rings. The Bertz CT molecular complexity index is 593. The minimum Gasteiger partial charge on any atom is -0.493 e. The monoisotopic (exact) mass is 296 g/mol. The van der Waals surface area contributed by atoms with Crippen molar-refractivity contribution in [3.05, 3.63) is 28.8 Å². The Balaban J connectivity index is 2.62. The molecule has 0 fully saturated rings. The van der Waals surface area contributed by atoms with Crippen LogP contribution >= 0.6 is 0 Å². The third-order valence-electron chi connectivity index (χ3n) is 2.94. The van der Waals surface area contributed by atoms with E-state index < -0.39 is 10.0 Å². The van der Waals surface area contributed by atoms with Gasteiger partial charge in [0.05, 0.1) is 24.0 Å². The summed E-state index contributed by atoms with van der Waals surface area (Å²) in [4.78, 5) is 0. The van der Waals surface area contributed by atoms with Gasteiger partial charge in [-0.1, -0.05) is 0 Å². The lowest BCUT2D eigenvalue weighted by molar-refractivity contribution is 0.312. The summed E-state index contributed by atoms with van der Waals surface area (Å²) in [5.74, 6) is 0.792. The molecule has 0 spiro atoms. The number of aryl methyl sites for hydroxylation is 2. The molecular weight excluding hydrogens is 276 g/mol. The Labute approximate surface area is 120 Å². The second-order valence-electron chi connectivity index (χ2n) is 4.85. The number of nitrogens with zero attached hydrogens (tertiary/aromatic N) is 2. The molecule has 0 unspecified atom stereocenters. The lowest BCUT2D eigenvalue weighted by atomic mass is 10.1. The van der Waals surface area contributed by atoms with Crippen LogP contribution in [0.15, 0.2) is 12.1 Å². The van der Waals surface area contributed by atoms with Crippen molar-refractivity contribution in [3.8, 4) is 11.8 Å². The van der Waals surface area contributed by atoms with Gasteiger partial charge < -0.3 is 4.74 Å². The predicted octanol–water partition coefficient (Wildman–Crippen LogP) is 1.84. The molecule has 0 saturated carbocycles. The smallest absolute Gasteiger partial charge is 0.213 e. The number of benzene rings is 1. The van der Waals surface area contributed by atoms with Crippen molar-refractivity contribution in [2.24, 2.45) is 0 Å². The summed E-state index contributed by atoms with van der Waals surface area (Å²) in [5, 5.41) is 8.87. The van der Waals surface area contributed by atoms with Crippen LogP contribution in [-0.2, 0) is 10.0 Å². The Hall–Kier alpha value is -1.58. The standard InChI is InChI=1S/C14H20N2O3S/c1-11-8-13(10-15)9-12(2)14(11)19-6-5-7-20(17,18)16(3)4/h8-9H,5-7H2,1-4H3. The Morgan fingerprint density at radius 2 is 1.80 bits per heavy atom. The largest absolute Gasteiger partial charge is 0.493 e. The van der Waals surface area contributed by atoms with Crippen LogP contribution in [0.25, 0.3) is 0 Å². The highest BCUT2D eigenvalue weighted by molar-refractivity contribution is 7.89. The lowest BCUT2D eigenvalue weighted by Gasteiger charge is -2.14. The van der Waals surface area contributed by atoms with Crippen molar-refractivity contribution >= 4 is 10.0 Å². The van der Waals surface area contributed by atoms with Gasteiger partial charge in [-0.25, -0.2) is 12.7 Å². The maximum Gasteiger partial charge on any atom is 0.213 e. The molecule has 1 aromatic rings. The Kier molecular flexibility index (Phi) is 5.54. The fourth-order valence-electron chi connectivity index (χ4n) is 1.84. The van der Waals surface area contributed by atoms with E-state index in [4.69, 9.17) is 10.00 Å². The Morgan fingerprint density at radius 3 is 2.25 bits per heavy atom. The van der Waals surface area contributed by atoms with Gasteiger partial charge in [-0.3, -0.25) is 0 Å². The molecule has 6 heteroatoms. The van der Waals surface area contributed by atoms with E-state index in [0.29, 0.717) is 18.6 Å². The molecule has 0 atom stereocenters. The molecule has 0 N–H and O–H groups in total. The first-order valence-electron chi connectivity index (χ1n) is 6.32. The van der Waals surface area contributed by atoms with Crippen LogP contribution < -0.4 is 4.74 Å². The summed E-state index contributed by atoms with van der Waals surface area (Å²) in [7, 11) is -0.135. The molecule has 0 aliphatic carbocycles. The zero-order chi connectivity index (χ0) is 15.3. The Morgan fingerprint density at radius 1 is 1.25 bits per heavy atom. The van der Waals surface area contributed by atoms with Crippen LogP contribution in [0.4, 0.5) is 0 Å². The van der Waals surface area contributed by atoms with Crippen LogP contribution in [0, 0.1) is 25.2 Å². The first-order chi connectivity index (χ1) is 9.27. The third-order valence-corrected chi connectivity index (χ3v) is 4.86. The zero-order valence-corrected chi connectivity index (χ0v) is 13.1. The number of ether oxygens (including phenoxy) is 1.